The first-order valence-corrected chi connectivity index (χ1v) is 6.27. The molecular formula is C12H14Cl2FNO2. The van der Waals surface area contributed by atoms with Crippen LogP contribution in [0.5, 0.6) is 0 Å². The molecule has 6 heteroatoms. The summed E-state index contributed by atoms with van der Waals surface area (Å²) in [6, 6.07) is 2.75. The van der Waals surface area contributed by atoms with Gasteiger partial charge in [-0.05, 0) is 24.6 Å². The van der Waals surface area contributed by atoms with Crippen LogP contribution in [-0.2, 0) is 11.3 Å². The molecule has 1 rings (SSSR count). The highest BCUT2D eigenvalue weighted by molar-refractivity contribution is 6.42. The summed E-state index contributed by atoms with van der Waals surface area (Å²) in [5.74, 6) is -1.49. The van der Waals surface area contributed by atoms with Crippen molar-refractivity contribution in [3.05, 3.63) is 33.6 Å². The Morgan fingerprint density at radius 2 is 2.06 bits per heavy atom. The first-order chi connectivity index (χ1) is 8.45. The summed E-state index contributed by atoms with van der Waals surface area (Å²) in [6.45, 7) is 2.82. The van der Waals surface area contributed by atoms with Crippen molar-refractivity contribution in [2.75, 3.05) is 13.1 Å². The van der Waals surface area contributed by atoms with Gasteiger partial charge in [0.2, 0.25) is 0 Å². The first-order valence-electron chi connectivity index (χ1n) is 5.52. The van der Waals surface area contributed by atoms with Crippen LogP contribution in [0.15, 0.2) is 12.1 Å². The second kappa shape index (κ2) is 6.92. The highest BCUT2D eigenvalue weighted by atomic mass is 35.5. The lowest BCUT2D eigenvalue weighted by Crippen LogP contribution is -2.30. The number of benzene rings is 1. The molecule has 0 unspecified atom stereocenters. The molecule has 0 aromatic heterocycles. The zero-order valence-corrected chi connectivity index (χ0v) is 11.4. The monoisotopic (exact) mass is 293 g/mol. The Kier molecular flexibility index (Phi) is 5.85. The number of hydrogen-bond acceptors (Lipinski definition) is 2. The maximum Gasteiger partial charge on any atom is 0.317 e. The fourth-order valence-corrected chi connectivity index (χ4v) is 2.05. The molecule has 0 saturated heterocycles. The first kappa shape index (κ1) is 15.2. The van der Waals surface area contributed by atoms with Crippen molar-refractivity contribution in [2.45, 2.75) is 19.9 Å². The van der Waals surface area contributed by atoms with E-state index in [1.165, 1.54) is 12.1 Å². The van der Waals surface area contributed by atoms with Gasteiger partial charge in [-0.15, -0.1) is 0 Å². The lowest BCUT2D eigenvalue weighted by atomic mass is 10.2. The minimum absolute atomic E-state index is 0.0842. The van der Waals surface area contributed by atoms with Crippen molar-refractivity contribution in [1.29, 1.82) is 0 Å². The van der Waals surface area contributed by atoms with Gasteiger partial charge in [-0.3, -0.25) is 9.69 Å². The van der Waals surface area contributed by atoms with Gasteiger partial charge in [0.1, 0.15) is 5.82 Å². The molecule has 1 aromatic carbocycles. The quantitative estimate of drug-likeness (QED) is 0.817. The molecule has 0 aliphatic rings. The minimum atomic E-state index is -0.909. The van der Waals surface area contributed by atoms with Crippen LogP contribution in [0.4, 0.5) is 4.39 Å². The van der Waals surface area contributed by atoms with Gasteiger partial charge >= 0.3 is 5.97 Å². The summed E-state index contributed by atoms with van der Waals surface area (Å²) in [4.78, 5) is 12.4. The zero-order valence-electron chi connectivity index (χ0n) is 9.92. The minimum Gasteiger partial charge on any atom is -0.480 e. The number of carboxylic acids is 1. The number of carboxylic acid groups (broad SMARTS) is 1. The molecule has 0 heterocycles. The summed E-state index contributed by atoms with van der Waals surface area (Å²) >= 11 is 11.6. The van der Waals surface area contributed by atoms with E-state index in [1.807, 2.05) is 6.92 Å². The second-order valence-electron chi connectivity index (χ2n) is 3.94. The van der Waals surface area contributed by atoms with Crippen molar-refractivity contribution in [3.8, 4) is 0 Å². The maximum atomic E-state index is 13.1. The molecule has 18 heavy (non-hydrogen) atoms. The molecule has 1 aromatic rings. The fourth-order valence-electron chi connectivity index (χ4n) is 1.65. The molecule has 0 atom stereocenters. The van der Waals surface area contributed by atoms with Crippen LogP contribution in [0.3, 0.4) is 0 Å². The molecule has 0 fully saturated rings. The van der Waals surface area contributed by atoms with Gasteiger partial charge in [0.25, 0.3) is 0 Å². The Labute approximate surface area is 115 Å². The molecule has 0 radical (unpaired) electrons. The Morgan fingerprint density at radius 1 is 1.39 bits per heavy atom. The SMILES string of the molecule is CCCN(CC(=O)O)Cc1ccc(F)c(Cl)c1Cl. The molecule has 3 nitrogen and oxygen atoms in total. The van der Waals surface area contributed by atoms with Crippen molar-refractivity contribution in [2.24, 2.45) is 0 Å². The average molecular weight is 294 g/mol. The summed E-state index contributed by atoms with van der Waals surface area (Å²) in [6.07, 6.45) is 0.819. The zero-order chi connectivity index (χ0) is 13.7. The van der Waals surface area contributed by atoms with Crippen molar-refractivity contribution in [3.63, 3.8) is 0 Å². The van der Waals surface area contributed by atoms with Gasteiger partial charge in [-0.1, -0.05) is 36.2 Å². The maximum absolute atomic E-state index is 13.1. The summed E-state index contributed by atoms with van der Waals surface area (Å²) in [5, 5.41) is 8.81. The van der Waals surface area contributed by atoms with E-state index in [-0.39, 0.29) is 16.6 Å². The van der Waals surface area contributed by atoms with Gasteiger partial charge in [0, 0.05) is 6.54 Å². The van der Waals surface area contributed by atoms with E-state index in [0.29, 0.717) is 18.7 Å². The summed E-state index contributed by atoms with van der Waals surface area (Å²) in [7, 11) is 0. The van der Waals surface area contributed by atoms with Crippen molar-refractivity contribution < 1.29 is 14.3 Å². The van der Waals surface area contributed by atoms with E-state index in [0.717, 1.165) is 6.42 Å². The van der Waals surface area contributed by atoms with Gasteiger partial charge in [0.15, 0.2) is 0 Å². The van der Waals surface area contributed by atoms with Crippen LogP contribution in [-0.4, -0.2) is 29.1 Å². The van der Waals surface area contributed by atoms with Gasteiger partial charge in [-0.25, -0.2) is 4.39 Å². The smallest absolute Gasteiger partial charge is 0.317 e. The van der Waals surface area contributed by atoms with E-state index >= 15 is 0 Å². The van der Waals surface area contributed by atoms with Crippen LogP contribution in [0.25, 0.3) is 0 Å². The van der Waals surface area contributed by atoms with E-state index in [2.05, 4.69) is 0 Å². The average Bonchev–Trinajstić information content (AvgIpc) is 2.29. The number of nitrogens with zero attached hydrogens (tertiary/aromatic N) is 1. The Hall–Kier alpha value is -0.840. The van der Waals surface area contributed by atoms with Crippen LogP contribution in [0, 0.1) is 5.82 Å². The van der Waals surface area contributed by atoms with Crippen molar-refractivity contribution in [1.82, 2.24) is 4.90 Å². The lowest BCUT2D eigenvalue weighted by Gasteiger charge is -2.20. The van der Waals surface area contributed by atoms with E-state index in [4.69, 9.17) is 28.3 Å². The van der Waals surface area contributed by atoms with Gasteiger partial charge < -0.3 is 5.11 Å². The Balaban J connectivity index is 2.86. The highest BCUT2D eigenvalue weighted by Gasteiger charge is 2.14. The standard InChI is InChI=1S/C12H14Cl2FNO2/c1-2-5-16(7-10(17)18)6-8-3-4-9(15)12(14)11(8)13/h3-4H,2,5-7H2,1H3,(H,17,18). The topological polar surface area (TPSA) is 40.5 Å². The number of hydrogen-bond donors (Lipinski definition) is 1. The number of aliphatic carboxylic acids is 1. The number of rotatable bonds is 6. The summed E-state index contributed by atoms with van der Waals surface area (Å²) < 4.78 is 13.1. The summed E-state index contributed by atoms with van der Waals surface area (Å²) in [5.41, 5.74) is 0.623. The highest BCUT2D eigenvalue weighted by Crippen LogP contribution is 2.29. The number of carbonyl (C=O) groups is 1. The Morgan fingerprint density at radius 3 is 2.61 bits per heavy atom. The molecule has 100 valence electrons. The van der Waals surface area contributed by atoms with Crippen LogP contribution in [0.1, 0.15) is 18.9 Å². The Bertz CT molecular complexity index is 440. The largest absolute Gasteiger partial charge is 0.480 e. The molecule has 0 aliphatic heterocycles. The molecule has 0 spiro atoms. The molecule has 0 aliphatic carbocycles. The molecular weight excluding hydrogens is 280 g/mol. The molecule has 1 N–H and O–H groups in total. The fraction of sp³-hybridized carbons (Fsp3) is 0.417. The van der Waals surface area contributed by atoms with E-state index in [1.54, 1.807) is 4.90 Å². The normalized spacial score (nSPS) is 10.9. The third-order valence-electron chi connectivity index (χ3n) is 2.41. The predicted molar refractivity (Wildman–Crippen MR) is 69.6 cm³/mol. The lowest BCUT2D eigenvalue weighted by molar-refractivity contribution is -0.138. The predicted octanol–water partition coefficient (Wildman–Crippen LogP) is 3.43. The number of halogens is 3. The third kappa shape index (κ3) is 4.12. The van der Waals surface area contributed by atoms with Crippen LogP contribution in [0.2, 0.25) is 10.0 Å². The van der Waals surface area contributed by atoms with Crippen LogP contribution >= 0.6 is 23.2 Å². The molecule has 0 amide bonds. The van der Waals surface area contributed by atoms with Gasteiger partial charge in [0.05, 0.1) is 16.6 Å². The van der Waals surface area contributed by atoms with Gasteiger partial charge in [-0.2, -0.15) is 0 Å². The van der Waals surface area contributed by atoms with Crippen molar-refractivity contribution >= 4 is 29.2 Å². The van der Waals surface area contributed by atoms with E-state index in [9.17, 15) is 9.18 Å². The third-order valence-corrected chi connectivity index (χ3v) is 3.31. The molecule has 0 saturated carbocycles. The second-order valence-corrected chi connectivity index (χ2v) is 4.69. The molecule has 0 bridgehead atoms. The van der Waals surface area contributed by atoms with Crippen LogP contribution < -0.4 is 0 Å². The van der Waals surface area contributed by atoms with E-state index < -0.39 is 11.8 Å².